The highest BCUT2D eigenvalue weighted by molar-refractivity contribution is 5.55. The van der Waals surface area contributed by atoms with Crippen LogP contribution in [-0.2, 0) is 6.54 Å². The molecule has 1 saturated carbocycles. The number of rotatable bonds is 5. The topological polar surface area (TPSA) is 55.1 Å². The molecule has 5 heteroatoms. The van der Waals surface area contributed by atoms with Gasteiger partial charge in [-0.2, -0.15) is 4.98 Å². The van der Waals surface area contributed by atoms with E-state index in [2.05, 4.69) is 45.4 Å². The van der Waals surface area contributed by atoms with Gasteiger partial charge >= 0.3 is 0 Å². The third-order valence-corrected chi connectivity index (χ3v) is 5.70. The molecule has 0 N–H and O–H groups in total. The van der Waals surface area contributed by atoms with E-state index < -0.39 is 0 Å². The number of benzene rings is 1. The molecule has 5 rings (SSSR count). The van der Waals surface area contributed by atoms with Crippen LogP contribution in [0.5, 0.6) is 0 Å². The Morgan fingerprint density at radius 1 is 1.04 bits per heavy atom. The zero-order chi connectivity index (χ0) is 18.1. The van der Waals surface area contributed by atoms with Gasteiger partial charge in [0.15, 0.2) is 0 Å². The van der Waals surface area contributed by atoms with Crippen LogP contribution in [0.1, 0.15) is 54.5 Å². The number of hydrogen-bond donors (Lipinski definition) is 0. The molecule has 2 aliphatic rings. The number of hydrogen-bond acceptors (Lipinski definition) is 5. The first-order chi connectivity index (χ1) is 13.4. The lowest BCUT2D eigenvalue weighted by Crippen LogP contribution is -2.29. The molecule has 0 radical (unpaired) electrons. The Morgan fingerprint density at radius 2 is 1.96 bits per heavy atom. The maximum Gasteiger partial charge on any atom is 0.230 e. The standard InChI is InChI=1S/C22H24N4O/c1-2-10-26(11-3-1)15-16-6-4-7-17(12-16)21-24-22(27-25-21)20-13-19(20)18-8-5-9-23-14-18/h4-9,12,14,19-20H,1-3,10-11,13,15H2/t19-,20+/m1/s1. The summed E-state index contributed by atoms with van der Waals surface area (Å²) in [7, 11) is 0. The lowest BCUT2D eigenvalue weighted by Gasteiger charge is -2.26. The zero-order valence-corrected chi connectivity index (χ0v) is 15.4. The van der Waals surface area contributed by atoms with E-state index in [0.717, 1.165) is 24.4 Å². The molecule has 3 heterocycles. The highest BCUT2D eigenvalue weighted by Crippen LogP contribution is 2.54. The van der Waals surface area contributed by atoms with Crippen LogP contribution in [0.15, 0.2) is 53.3 Å². The fourth-order valence-corrected chi connectivity index (χ4v) is 4.12. The van der Waals surface area contributed by atoms with Crippen molar-refractivity contribution in [1.82, 2.24) is 20.0 Å². The third-order valence-electron chi connectivity index (χ3n) is 5.70. The smallest absolute Gasteiger partial charge is 0.230 e. The molecular weight excluding hydrogens is 336 g/mol. The first-order valence-electron chi connectivity index (χ1n) is 9.92. The van der Waals surface area contributed by atoms with E-state index in [0.29, 0.717) is 17.7 Å². The average molecular weight is 360 g/mol. The van der Waals surface area contributed by atoms with Gasteiger partial charge in [0.05, 0.1) is 0 Å². The lowest BCUT2D eigenvalue weighted by molar-refractivity contribution is 0.221. The van der Waals surface area contributed by atoms with Crippen molar-refractivity contribution in [3.63, 3.8) is 0 Å². The van der Waals surface area contributed by atoms with E-state index in [1.807, 2.05) is 18.5 Å². The predicted molar refractivity (Wildman–Crippen MR) is 103 cm³/mol. The summed E-state index contributed by atoms with van der Waals surface area (Å²) in [6.45, 7) is 3.41. The van der Waals surface area contributed by atoms with Crippen LogP contribution in [-0.4, -0.2) is 33.1 Å². The summed E-state index contributed by atoms with van der Waals surface area (Å²) in [5.41, 5.74) is 3.62. The van der Waals surface area contributed by atoms with E-state index >= 15 is 0 Å². The van der Waals surface area contributed by atoms with E-state index in [1.54, 1.807) is 0 Å². The number of nitrogens with zero attached hydrogens (tertiary/aromatic N) is 4. The Balaban J connectivity index is 1.29. The summed E-state index contributed by atoms with van der Waals surface area (Å²) in [5, 5.41) is 4.25. The van der Waals surface area contributed by atoms with Gasteiger partial charge in [-0.15, -0.1) is 0 Å². The van der Waals surface area contributed by atoms with E-state index in [9.17, 15) is 0 Å². The van der Waals surface area contributed by atoms with Crippen LogP contribution in [0.4, 0.5) is 0 Å². The van der Waals surface area contributed by atoms with Crippen LogP contribution in [0.3, 0.4) is 0 Å². The second kappa shape index (κ2) is 7.24. The molecule has 1 aliphatic heterocycles. The van der Waals surface area contributed by atoms with Gasteiger partial charge in [0.2, 0.25) is 11.7 Å². The summed E-state index contributed by atoms with van der Waals surface area (Å²) >= 11 is 0. The number of likely N-dealkylation sites (tertiary alicyclic amines) is 1. The van der Waals surface area contributed by atoms with Crippen molar-refractivity contribution in [2.24, 2.45) is 0 Å². The van der Waals surface area contributed by atoms with Crippen molar-refractivity contribution in [3.8, 4) is 11.4 Å². The Bertz CT molecular complexity index is 901. The molecule has 27 heavy (non-hydrogen) atoms. The minimum atomic E-state index is 0.326. The Kier molecular flexibility index (Phi) is 4.46. The molecule has 5 nitrogen and oxygen atoms in total. The second-order valence-electron chi connectivity index (χ2n) is 7.73. The number of pyridine rings is 1. The minimum absolute atomic E-state index is 0.326. The molecule has 3 aromatic rings. The summed E-state index contributed by atoms with van der Waals surface area (Å²) < 4.78 is 5.59. The SMILES string of the molecule is c1cc(CN2CCCCC2)cc(-c2noc([C@H]3C[C@@H]3c3cccnc3)n2)c1. The number of aromatic nitrogens is 3. The Morgan fingerprint density at radius 3 is 2.81 bits per heavy atom. The molecule has 1 aromatic carbocycles. The molecule has 1 aliphatic carbocycles. The monoisotopic (exact) mass is 360 g/mol. The van der Waals surface area contributed by atoms with Gasteiger partial charge in [-0.3, -0.25) is 9.88 Å². The van der Waals surface area contributed by atoms with Gasteiger partial charge in [-0.05, 0) is 61.5 Å². The second-order valence-corrected chi connectivity index (χ2v) is 7.73. The average Bonchev–Trinajstić information content (AvgIpc) is 3.38. The molecule has 0 spiro atoms. The molecule has 138 valence electrons. The molecule has 1 saturated heterocycles. The van der Waals surface area contributed by atoms with Crippen molar-refractivity contribution < 1.29 is 4.52 Å². The molecular formula is C22H24N4O. The highest BCUT2D eigenvalue weighted by Gasteiger charge is 2.43. The van der Waals surface area contributed by atoms with Crippen molar-refractivity contribution in [3.05, 3.63) is 65.8 Å². The zero-order valence-electron chi connectivity index (χ0n) is 15.4. The third kappa shape index (κ3) is 3.65. The molecule has 0 unspecified atom stereocenters. The van der Waals surface area contributed by atoms with Crippen molar-refractivity contribution in [2.75, 3.05) is 13.1 Å². The minimum Gasteiger partial charge on any atom is -0.339 e. The predicted octanol–water partition coefficient (Wildman–Crippen LogP) is 4.39. The summed E-state index contributed by atoms with van der Waals surface area (Å²) in [4.78, 5) is 11.4. The van der Waals surface area contributed by atoms with Crippen LogP contribution < -0.4 is 0 Å². The quantitative estimate of drug-likeness (QED) is 0.675. The molecule has 2 aromatic heterocycles. The van der Waals surface area contributed by atoms with Gasteiger partial charge in [0.25, 0.3) is 0 Å². The van der Waals surface area contributed by atoms with Crippen molar-refractivity contribution in [1.29, 1.82) is 0 Å². The fraction of sp³-hybridized carbons (Fsp3) is 0.409. The fourth-order valence-electron chi connectivity index (χ4n) is 4.12. The first kappa shape index (κ1) is 16.6. The summed E-state index contributed by atoms with van der Waals surface area (Å²) in [6, 6.07) is 12.7. The van der Waals surface area contributed by atoms with Gasteiger partial charge in [0, 0.05) is 30.4 Å². The highest BCUT2D eigenvalue weighted by atomic mass is 16.5. The lowest BCUT2D eigenvalue weighted by atomic mass is 10.1. The van der Waals surface area contributed by atoms with Crippen LogP contribution in [0, 0.1) is 0 Å². The van der Waals surface area contributed by atoms with Gasteiger partial charge < -0.3 is 4.52 Å². The molecule has 2 fully saturated rings. The molecule has 0 amide bonds. The molecule has 0 bridgehead atoms. The largest absolute Gasteiger partial charge is 0.339 e. The van der Waals surface area contributed by atoms with Gasteiger partial charge in [0.1, 0.15) is 0 Å². The van der Waals surface area contributed by atoms with Crippen LogP contribution in [0.2, 0.25) is 0 Å². The Labute approximate surface area is 159 Å². The maximum absolute atomic E-state index is 5.59. The van der Waals surface area contributed by atoms with E-state index in [-0.39, 0.29) is 0 Å². The van der Waals surface area contributed by atoms with E-state index in [4.69, 9.17) is 9.51 Å². The molecule has 2 atom stereocenters. The maximum atomic E-state index is 5.59. The Hall–Kier alpha value is -2.53. The number of piperidine rings is 1. The first-order valence-corrected chi connectivity index (χ1v) is 9.92. The van der Waals surface area contributed by atoms with Crippen molar-refractivity contribution >= 4 is 0 Å². The summed E-state index contributed by atoms with van der Waals surface area (Å²) in [6.07, 6.45) is 8.79. The summed E-state index contributed by atoms with van der Waals surface area (Å²) in [5.74, 6) is 2.23. The van der Waals surface area contributed by atoms with Gasteiger partial charge in [-0.1, -0.05) is 35.8 Å². The van der Waals surface area contributed by atoms with Crippen LogP contribution >= 0.6 is 0 Å². The van der Waals surface area contributed by atoms with Crippen LogP contribution in [0.25, 0.3) is 11.4 Å². The van der Waals surface area contributed by atoms with Crippen molar-refractivity contribution in [2.45, 2.75) is 44.1 Å². The van der Waals surface area contributed by atoms with E-state index in [1.165, 1.54) is 43.5 Å². The normalized spacial score (nSPS) is 22.7. The van der Waals surface area contributed by atoms with Gasteiger partial charge in [-0.25, -0.2) is 0 Å².